The second-order valence-electron chi connectivity index (χ2n) is 3.09. The number of alkyl halides is 4. The molecule has 78 valence electrons. The molecule has 1 nitrogen and oxygen atoms in total. The Kier molecular flexibility index (Phi) is 3.12. The van der Waals surface area contributed by atoms with Gasteiger partial charge >= 0.3 is 11.8 Å². The Morgan fingerprint density at radius 2 is 1.92 bits per heavy atom. The van der Waals surface area contributed by atoms with E-state index in [0.717, 1.165) is 0 Å². The molecule has 0 spiro atoms. The second-order valence-corrected chi connectivity index (χ2v) is 4.24. The smallest absolute Gasteiger partial charge is 0.313 e. The van der Waals surface area contributed by atoms with Gasteiger partial charge in [0.05, 0.1) is 0 Å². The minimum atomic E-state index is -3.81. The maximum Gasteiger partial charge on any atom is 0.313 e. The Morgan fingerprint density at radius 1 is 1.31 bits per heavy atom. The van der Waals surface area contributed by atoms with Crippen LogP contribution in [0.3, 0.4) is 0 Å². The molecule has 0 saturated heterocycles. The first-order valence-corrected chi connectivity index (χ1v) is 5.10. The summed E-state index contributed by atoms with van der Waals surface area (Å²) in [4.78, 5) is 0. The molecular weight excluding hydrogens is 206 g/mol. The van der Waals surface area contributed by atoms with Gasteiger partial charge in [-0.05, 0) is 0 Å². The predicted molar refractivity (Wildman–Crippen MR) is 44.4 cm³/mol. The summed E-state index contributed by atoms with van der Waals surface area (Å²) in [5, 5.41) is 0. The lowest BCUT2D eigenvalue weighted by atomic mass is 9.78. The van der Waals surface area contributed by atoms with Gasteiger partial charge in [-0.15, -0.1) is 0 Å². The van der Waals surface area contributed by atoms with Gasteiger partial charge in [-0.1, -0.05) is 0 Å². The van der Waals surface area contributed by atoms with Gasteiger partial charge in [0, 0.05) is 30.4 Å². The van der Waals surface area contributed by atoms with Gasteiger partial charge < -0.3 is 5.73 Å². The van der Waals surface area contributed by atoms with Gasteiger partial charge in [-0.3, -0.25) is 0 Å². The zero-order valence-electron chi connectivity index (χ0n) is 6.90. The molecular formula is C7H11F4NS. The first-order valence-electron chi connectivity index (χ1n) is 3.95. The molecule has 2 N–H and O–H groups in total. The van der Waals surface area contributed by atoms with Gasteiger partial charge in [0.1, 0.15) is 0 Å². The van der Waals surface area contributed by atoms with Crippen molar-refractivity contribution >= 4 is 11.8 Å². The average Bonchev–Trinajstić information content (AvgIpc) is 2.03. The Balaban J connectivity index is 2.32. The zero-order valence-corrected chi connectivity index (χ0v) is 7.72. The number of rotatable bonds is 4. The second kappa shape index (κ2) is 3.65. The van der Waals surface area contributed by atoms with Crippen molar-refractivity contribution in [3.8, 4) is 0 Å². The fraction of sp³-hybridized carbons (Fsp3) is 1.00. The van der Waals surface area contributed by atoms with Gasteiger partial charge in [-0.2, -0.15) is 29.3 Å². The third-order valence-electron chi connectivity index (χ3n) is 2.08. The molecule has 1 rings (SSSR count). The molecule has 0 aliphatic heterocycles. The van der Waals surface area contributed by atoms with E-state index < -0.39 is 24.2 Å². The highest BCUT2D eigenvalue weighted by atomic mass is 32.2. The summed E-state index contributed by atoms with van der Waals surface area (Å²) in [7, 11) is 0. The van der Waals surface area contributed by atoms with E-state index in [4.69, 9.17) is 5.73 Å². The quantitative estimate of drug-likeness (QED) is 0.575. The fourth-order valence-corrected chi connectivity index (χ4v) is 2.16. The van der Waals surface area contributed by atoms with Crippen molar-refractivity contribution in [1.82, 2.24) is 0 Å². The molecule has 0 aromatic rings. The molecule has 0 bridgehead atoms. The number of hydrogen-bond acceptors (Lipinski definition) is 2. The normalized spacial score (nSPS) is 29.8. The summed E-state index contributed by atoms with van der Waals surface area (Å²) in [5.41, 5.74) is 5.14. The van der Waals surface area contributed by atoms with Crippen molar-refractivity contribution in [2.24, 2.45) is 11.7 Å². The van der Waals surface area contributed by atoms with Crippen LogP contribution in [0.5, 0.6) is 0 Å². The molecule has 1 aliphatic carbocycles. The van der Waals surface area contributed by atoms with Crippen molar-refractivity contribution in [3.05, 3.63) is 0 Å². The fourth-order valence-electron chi connectivity index (χ4n) is 1.21. The predicted octanol–water partition coefficient (Wildman–Crippen LogP) is 1.97. The molecule has 1 atom stereocenters. The van der Waals surface area contributed by atoms with E-state index in [-0.39, 0.29) is 5.75 Å². The number of nitrogens with two attached hydrogens (primary N) is 1. The summed E-state index contributed by atoms with van der Waals surface area (Å²) >= 11 is 1.20. The zero-order chi connectivity index (χ0) is 10.1. The van der Waals surface area contributed by atoms with E-state index in [0.29, 0.717) is 12.3 Å². The highest BCUT2D eigenvalue weighted by molar-refractivity contribution is 7.99. The average molecular weight is 217 g/mol. The molecule has 0 radical (unpaired) electrons. The van der Waals surface area contributed by atoms with E-state index in [1.54, 1.807) is 0 Å². The Morgan fingerprint density at radius 3 is 2.31 bits per heavy atom. The van der Waals surface area contributed by atoms with Crippen molar-refractivity contribution in [1.29, 1.82) is 0 Å². The van der Waals surface area contributed by atoms with E-state index >= 15 is 0 Å². The lowest BCUT2D eigenvalue weighted by molar-refractivity contribution is -0.307. The van der Waals surface area contributed by atoms with Crippen LogP contribution < -0.4 is 5.73 Å². The third kappa shape index (κ3) is 1.93. The van der Waals surface area contributed by atoms with E-state index in [2.05, 4.69) is 0 Å². The molecule has 0 aromatic carbocycles. The summed E-state index contributed by atoms with van der Waals surface area (Å²) in [6, 6.07) is 0. The molecule has 1 unspecified atom stereocenters. The third-order valence-corrected chi connectivity index (χ3v) is 3.25. The van der Waals surface area contributed by atoms with Crippen LogP contribution in [0.4, 0.5) is 17.6 Å². The van der Waals surface area contributed by atoms with Crippen LogP contribution in [0.25, 0.3) is 0 Å². The molecule has 1 aliphatic rings. The largest absolute Gasteiger partial charge is 0.330 e. The first kappa shape index (κ1) is 11.1. The van der Waals surface area contributed by atoms with Crippen molar-refractivity contribution in [3.63, 3.8) is 0 Å². The van der Waals surface area contributed by atoms with Gasteiger partial charge in [0.15, 0.2) is 0 Å². The topological polar surface area (TPSA) is 26.0 Å². The highest BCUT2D eigenvalue weighted by Crippen LogP contribution is 2.56. The van der Waals surface area contributed by atoms with E-state index in [1.807, 2.05) is 0 Å². The SMILES string of the molecule is NCCSCC1CC(F)(F)C1(F)F. The molecule has 0 aromatic heterocycles. The Labute approximate surface area is 78.0 Å². The van der Waals surface area contributed by atoms with Crippen LogP contribution in [0.15, 0.2) is 0 Å². The summed E-state index contributed by atoms with van der Waals surface area (Å²) in [6.45, 7) is 0.388. The standard InChI is InChI=1S/C7H11F4NS/c8-6(9)3-5(7(6,10)11)4-13-2-1-12/h5H,1-4,12H2. The monoisotopic (exact) mass is 217 g/mol. The van der Waals surface area contributed by atoms with Gasteiger partial charge in [0.25, 0.3) is 0 Å². The maximum atomic E-state index is 12.6. The van der Waals surface area contributed by atoms with Crippen LogP contribution >= 0.6 is 11.8 Å². The van der Waals surface area contributed by atoms with Crippen LogP contribution in [-0.2, 0) is 0 Å². The van der Waals surface area contributed by atoms with Crippen molar-refractivity contribution in [2.45, 2.75) is 18.3 Å². The summed E-state index contributed by atoms with van der Waals surface area (Å²) in [6.07, 6.45) is -0.697. The maximum absolute atomic E-state index is 12.6. The number of halogens is 4. The van der Waals surface area contributed by atoms with Crippen LogP contribution in [0.1, 0.15) is 6.42 Å². The number of thioether (sulfide) groups is 1. The van der Waals surface area contributed by atoms with Crippen LogP contribution in [-0.4, -0.2) is 29.9 Å². The Hall–Kier alpha value is 0.0300. The molecule has 0 amide bonds. The van der Waals surface area contributed by atoms with Gasteiger partial charge in [0.2, 0.25) is 0 Å². The molecule has 6 heteroatoms. The minimum absolute atomic E-state index is 0.0692. The van der Waals surface area contributed by atoms with E-state index in [9.17, 15) is 17.6 Å². The molecule has 0 heterocycles. The van der Waals surface area contributed by atoms with Crippen LogP contribution in [0.2, 0.25) is 0 Å². The first-order chi connectivity index (χ1) is 5.92. The van der Waals surface area contributed by atoms with Crippen molar-refractivity contribution in [2.75, 3.05) is 18.1 Å². The number of hydrogen-bond donors (Lipinski definition) is 1. The van der Waals surface area contributed by atoms with Crippen molar-refractivity contribution < 1.29 is 17.6 Å². The highest BCUT2D eigenvalue weighted by Gasteiger charge is 2.71. The lowest BCUT2D eigenvalue weighted by Crippen LogP contribution is -2.59. The van der Waals surface area contributed by atoms with Crippen LogP contribution in [0, 0.1) is 5.92 Å². The Bertz CT molecular complexity index is 185. The molecule has 1 fully saturated rings. The lowest BCUT2D eigenvalue weighted by Gasteiger charge is -2.43. The minimum Gasteiger partial charge on any atom is -0.330 e. The summed E-state index contributed by atoms with van der Waals surface area (Å²) in [5.74, 6) is -8.17. The van der Waals surface area contributed by atoms with Gasteiger partial charge in [-0.25, -0.2) is 0 Å². The molecule has 1 saturated carbocycles. The summed E-state index contributed by atoms with van der Waals surface area (Å²) < 4.78 is 49.8. The van der Waals surface area contributed by atoms with E-state index in [1.165, 1.54) is 11.8 Å². The molecule has 13 heavy (non-hydrogen) atoms.